The van der Waals surface area contributed by atoms with E-state index in [2.05, 4.69) is 37.8 Å². The first-order chi connectivity index (χ1) is 10.3. The molecule has 2 atom stereocenters. The van der Waals surface area contributed by atoms with Crippen LogP contribution in [-0.2, 0) is 4.74 Å². The number of carbonyl (C=O) groups is 1. The molecule has 0 spiro atoms. The Bertz CT molecular complexity index is 541. The van der Waals surface area contributed by atoms with Crippen molar-refractivity contribution in [2.45, 2.75) is 32.4 Å². The average Bonchev–Trinajstić information content (AvgIpc) is 2.80. The lowest BCUT2D eigenvalue weighted by molar-refractivity contribution is 0.0502. The SMILES string of the molecule is C=CC1CN(c2ncc(Br)cn2)C[C@@H]1NC(=O)OC(C)(C)C. The van der Waals surface area contributed by atoms with Gasteiger partial charge in [0.05, 0.1) is 10.5 Å². The molecular formula is C15H21BrN4O2. The van der Waals surface area contributed by atoms with Crippen molar-refractivity contribution in [1.29, 1.82) is 0 Å². The van der Waals surface area contributed by atoms with E-state index < -0.39 is 11.7 Å². The molecule has 1 saturated heterocycles. The number of hydrogen-bond donors (Lipinski definition) is 1. The van der Waals surface area contributed by atoms with Crippen LogP contribution < -0.4 is 10.2 Å². The lowest BCUT2D eigenvalue weighted by Gasteiger charge is -2.23. The van der Waals surface area contributed by atoms with Crippen LogP contribution in [-0.4, -0.2) is 40.8 Å². The van der Waals surface area contributed by atoms with Crippen molar-refractivity contribution in [3.05, 3.63) is 29.5 Å². The Labute approximate surface area is 139 Å². The molecule has 2 heterocycles. The summed E-state index contributed by atoms with van der Waals surface area (Å²) in [5.41, 5.74) is -0.513. The van der Waals surface area contributed by atoms with E-state index in [1.54, 1.807) is 12.4 Å². The van der Waals surface area contributed by atoms with Gasteiger partial charge >= 0.3 is 6.09 Å². The molecule has 0 aliphatic carbocycles. The molecular weight excluding hydrogens is 348 g/mol. The maximum absolute atomic E-state index is 11.9. The number of alkyl carbamates (subject to hydrolysis) is 1. The van der Waals surface area contributed by atoms with Gasteiger partial charge in [-0.05, 0) is 36.7 Å². The Hall–Kier alpha value is -1.63. The van der Waals surface area contributed by atoms with E-state index in [4.69, 9.17) is 4.74 Å². The predicted molar refractivity (Wildman–Crippen MR) is 88.8 cm³/mol. The van der Waals surface area contributed by atoms with Crippen LogP contribution in [0.15, 0.2) is 29.5 Å². The molecule has 1 N–H and O–H groups in total. The lowest BCUT2D eigenvalue weighted by Crippen LogP contribution is -2.43. The van der Waals surface area contributed by atoms with E-state index in [9.17, 15) is 4.79 Å². The minimum absolute atomic E-state index is 0.0698. The van der Waals surface area contributed by atoms with Gasteiger partial charge < -0.3 is 15.0 Å². The monoisotopic (exact) mass is 368 g/mol. The Balaban J connectivity index is 2.02. The average molecular weight is 369 g/mol. The summed E-state index contributed by atoms with van der Waals surface area (Å²) in [4.78, 5) is 22.6. The van der Waals surface area contributed by atoms with E-state index >= 15 is 0 Å². The van der Waals surface area contributed by atoms with Crippen LogP contribution in [0.5, 0.6) is 0 Å². The summed E-state index contributed by atoms with van der Waals surface area (Å²) in [7, 11) is 0. The van der Waals surface area contributed by atoms with Gasteiger partial charge in [0.2, 0.25) is 5.95 Å². The third-order valence-electron chi connectivity index (χ3n) is 3.26. The molecule has 120 valence electrons. The van der Waals surface area contributed by atoms with E-state index in [1.807, 2.05) is 31.7 Å². The third kappa shape index (κ3) is 4.43. The molecule has 0 radical (unpaired) electrons. The predicted octanol–water partition coefficient (Wildman–Crippen LogP) is 2.75. The van der Waals surface area contributed by atoms with Crippen LogP contribution in [0.25, 0.3) is 0 Å². The largest absolute Gasteiger partial charge is 0.444 e. The maximum Gasteiger partial charge on any atom is 0.407 e. The Kier molecular flexibility index (Phi) is 5.05. The van der Waals surface area contributed by atoms with Crippen molar-refractivity contribution in [3.63, 3.8) is 0 Å². The molecule has 2 rings (SSSR count). The van der Waals surface area contributed by atoms with Crippen LogP contribution in [0.3, 0.4) is 0 Å². The Morgan fingerprint density at radius 3 is 2.64 bits per heavy atom. The minimum Gasteiger partial charge on any atom is -0.444 e. The molecule has 1 amide bonds. The van der Waals surface area contributed by atoms with Crippen LogP contribution in [0.2, 0.25) is 0 Å². The van der Waals surface area contributed by atoms with Gasteiger partial charge in [0, 0.05) is 31.4 Å². The molecule has 1 unspecified atom stereocenters. The first kappa shape index (κ1) is 16.7. The summed E-state index contributed by atoms with van der Waals surface area (Å²) < 4.78 is 6.14. The van der Waals surface area contributed by atoms with Crippen molar-refractivity contribution in [2.75, 3.05) is 18.0 Å². The molecule has 0 aromatic carbocycles. The topological polar surface area (TPSA) is 67.4 Å². The van der Waals surface area contributed by atoms with Gasteiger partial charge in [-0.25, -0.2) is 14.8 Å². The van der Waals surface area contributed by atoms with Crippen LogP contribution in [0.1, 0.15) is 20.8 Å². The highest BCUT2D eigenvalue weighted by molar-refractivity contribution is 9.10. The van der Waals surface area contributed by atoms with E-state index in [0.717, 1.165) is 4.47 Å². The van der Waals surface area contributed by atoms with Crippen LogP contribution in [0, 0.1) is 5.92 Å². The highest BCUT2D eigenvalue weighted by Crippen LogP contribution is 2.23. The third-order valence-corrected chi connectivity index (χ3v) is 3.67. The molecule has 1 fully saturated rings. The fourth-order valence-electron chi connectivity index (χ4n) is 2.31. The summed E-state index contributed by atoms with van der Waals surface area (Å²) in [5.74, 6) is 0.767. The number of nitrogens with zero attached hydrogens (tertiary/aromatic N) is 3. The number of halogens is 1. The van der Waals surface area contributed by atoms with Gasteiger partial charge in [-0.15, -0.1) is 6.58 Å². The zero-order chi connectivity index (χ0) is 16.3. The quantitative estimate of drug-likeness (QED) is 0.830. The fourth-order valence-corrected chi connectivity index (χ4v) is 2.52. The molecule has 0 bridgehead atoms. The molecule has 0 saturated carbocycles. The van der Waals surface area contributed by atoms with E-state index in [-0.39, 0.29) is 12.0 Å². The fraction of sp³-hybridized carbons (Fsp3) is 0.533. The molecule has 6 nitrogen and oxygen atoms in total. The minimum atomic E-state index is -0.513. The smallest absolute Gasteiger partial charge is 0.407 e. The first-order valence-electron chi connectivity index (χ1n) is 7.13. The van der Waals surface area contributed by atoms with Crippen molar-refractivity contribution in [1.82, 2.24) is 15.3 Å². The van der Waals surface area contributed by atoms with Crippen molar-refractivity contribution >= 4 is 28.0 Å². The molecule has 1 aliphatic heterocycles. The second-order valence-corrected chi connectivity index (χ2v) is 7.17. The van der Waals surface area contributed by atoms with Gasteiger partial charge in [-0.2, -0.15) is 0 Å². The number of amides is 1. The number of aromatic nitrogens is 2. The summed E-state index contributed by atoms with van der Waals surface area (Å²) in [6.07, 6.45) is 4.85. The summed E-state index contributed by atoms with van der Waals surface area (Å²) >= 11 is 3.32. The standard InChI is InChI=1S/C15H21BrN4O2/c1-5-10-8-20(13-17-6-11(16)7-18-13)9-12(10)19-14(21)22-15(2,3)4/h5-7,10,12H,1,8-9H2,2-4H3,(H,19,21)/t10?,12-/m0/s1. The van der Waals surface area contributed by atoms with Gasteiger partial charge in [0.1, 0.15) is 5.60 Å². The number of hydrogen-bond acceptors (Lipinski definition) is 5. The van der Waals surface area contributed by atoms with E-state index in [0.29, 0.717) is 19.0 Å². The number of carbonyl (C=O) groups excluding carboxylic acids is 1. The van der Waals surface area contributed by atoms with Gasteiger partial charge in [-0.1, -0.05) is 6.08 Å². The number of anilines is 1. The number of nitrogens with one attached hydrogen (secondary N) is 1. The molecule has 1 aromatic heterocycles. The second-order valence-electron chi connectivity index (χ2n) is 6.26. The van der Waals surface area contributed by atoms with Crippen LogP contribution in [0.4, 0.5) is 10.7 Å². The Morgan fingerprint density at radius 2 is 2.09 bits per heavy atom. The van der Waals surface area contributed by atoms with Crippen LogP contribution >= 0.6 is 15.9 Å². The van der Waals surface area contributed by atoms with Crippen molar-refractivity contribution < 1.29 is 9.53 Å². The maximum atomic E-state index is 11.9. The van der Waals surface area contributed by atoms with Gasteiger partial charge in [0.15, 0.2) is 0 Å². The van der Waals surface area contributed by atoms with Gasteiger partial charge in [-0.3, -0.25) is 0 Å². The lowest BCUT2D eigenvalue weighted by atomic mass is 10.0. The van der Waals surface area contributed by atoms with E-state index in [1.165, 1.54) is 0 Å². The van der Waals surface area contributed by atoms with Crippen molar-refractivity contribution in [2.24, 2.45) is 5.92 Å². The molecule has 7 heteroatoms. The normalized spacial score (nSPS) is 21.5. The molecule has 22 heavy (non-hydrogen) atoms. The highest BCUT2D eigenvalue weighted by atomic mass is 79.9. The Morgan fingerprint density at radius 1 is 1.45 bits per heavy atom. The molecule has 1 aliphatic rings. The number of rotatable bonds is 3. The zero-order valence-electron chi connectivity index (χ0n) is 13.0. The molecule has 1 aromatic rings. The highest BCUT2D eigenvalue weighted by Gasteiger charge is 2.34. The number of ether oxygens (including phenoxy) is 1. The second kappa shape index (κ2) is 6.64. The van der Waals surface area contributed by atoms with Gasteiger partial charge in [0.25, 0.3) is 0 Å². The first-order valence-corrected chi connectivity index (χ1v) is 7.92. The van der Waals surface area contributed by atoms with Crippen molar-refractivity contribution in [3.8, 4) is 0 Å². The zero-order valence-corrected chi connectivity index (χ0v) is 14.6. The summed E-state index contributed by atoms with van der Waals surface area (Å²) in [6, 6.07) is -0.0698. The summed E-state index contributed by atoms with van der Waals surface area (Å²) in [5, 5.41) is 2.91. The summed E-state index contributed by atoms with van der Waals surface area (Å²) in [6.45, 7) is 10.7.